The maximum absolute atomic E-state index is 12.3. The largest absolute Gasteiger partial charge is 0.353 e. The Hall–Kier alpha value is -2.18. The van der Waals surface area contributed by atoms with Gasteiger partial charge in [-0.25, -0.2) is 4.98 Å². The van der Waals surface area contributed by atoms with Crippen LogP contribution in [-0.4, -0.2) is 39.3 Å². The predicted molar refractivity (Wildman–Crippen MR) is 104 cm³/mol. The number of carbonyl (C=O) groups is 1. The van der Waals surface area contributed by atoms with Crippen molar-refractivity contribution < 1.29 is 4.79 Å². The lowest BCUT2D eigenvalue weighted by molar-refractivity contribution is -0.122. The van der Waals surface area contributed by atoms with E-state index in [4.69, 9.17) is 0 Å². The first kappa shape index (κ1) is 17.2. The molecule has 1 saturated heterocycles. The SMILES string of the molecule is O=C(CCc1cn2ccccc2n1)NC1CCN(Cc2cccs2)CC1. The van der Waals surface area contributed by atoms with E-state index in [2.05, 4.69) is 32.7 Å². The van der Waals surface area contributed by atoms with E-state index >= 15 is 0 Å². The molecule has 26 heavy (non-hydrogen) atoms. The number of nitrogens with zero attached hydrogens (tertiary/aromatic N) is 3. The first-order chi connectivity index (χ1) is 12.8. The average Bonchev–Trinajstić information content (AvgIpc) is 3.30. The Kier molecular flexibility index (Phi) is 5.32. The molecule has 136 valence electrons. The maximum atomic E-state index is 12.3. The van der Waals surface area contributed by atoms with E-state index < -0.39 is 0 Å². The summed E-state index contributed by atoms with van der Waals surface area (Å²) in [6.07, 6.45) is 7.24. The van der Waals surface area contributed by atoms with Gasteiger partial charge in [-0.3, -0.25) is 9.69 Å². The molecule has 0 unspecified atom stereocenters. The summed E-state index contributed by atoms with van der Waals surface area (Å²) in [5, 5.41) is 5.34. The van der Waals surface area contributed by atoms with Gasteiger partial charge in [0.1, 0.15) is 5.65 Å². The van der Waals surface area contributed by atoms with Crippen LogP contribution in [0.5, 0.6) is 0 Å². The van der Waals surface area contributed by atoms with Crippen LogP contribution in [0.4, 0.5) is 0 Å². The van der Waals surface area contributed by atoms with Crippen molar-refractivity contribution in [2.75, 3.05) is 13.1 Å². The standard InChI is InChI=1S/C20H24N4OS/c25-20(7-6-17-14-24-10-2-1-5-19(24)21-17)22-16-8-11-23(12-9-16)15-18-4-3-13-26-18/h1-5,10,13-14,16H,6-9,11-12,15H2,(H,22,25). The lowest BCUT2D eigenvalue weighted by atomic mass is 10.0. The fraction of sp³-hybridized carbons (Fsp3) is 0.400. The first-order valence-electron chi connectivity index (χ1n) is 9.23. The molecule has 0 radical (unpaired) electrons. The van der Waals surface area contributed by atoms with Crippen molar-refractivity contribution in [3.05, 3.63) is 58.7 Å². The number of pyridine rings is 1. The number of aryl methyl sites for hydroxylation is 1. The number of thiophene rings is 1. The van der Waals surface area contributed by atoms with Crippen LogP contribution in [0.2, 0.25) is 0 Å². The molecule has 0 aromatic carbocycles. The highest BCUT2D eigenvalue weighted by Gasteiger charge is 2.20. The minimum Gasteiger partial charge on any atom is -0.353 e. The van der Waals surface area contributed by atoms with Crippen molar-refractivity contribution in [3.63, 3.8) is 0 Å². The van der Waals surface area contributed by atoms with Crippen molar-refractivity contribution in [3.8, 4) is 0 Å². The Morgan fingerprint density at radius 1 is 1.23 bits per heavy atom. The second-order valence-corrected chi connectivity index (χ2v) is 7.93. The fourth-order valence-corrected chi connectivity index (χ4v) is 4.25. The normalized spacial score (nSPS) is 16.2. The fourth-order valence-electron chi connectivity index (χ4n) is 3.51. The van der Waals surface area contributed by atoms with Crippen molar-refractivity contribution >= 4 is 22.9 Å². The summed E-state index contributed by atoms with van der Waals surface area (Å²) in [6.45, 7) is 3.14. The second-order valence-electron chi connectivity index (χ2n) is 6.90. The summed E-state index contributed by atoms with van der Waals surface area (Å²) >= 11 is 1.81. The number of rotatable bonds is 6. The van der Waals surface area contributed by atoms with Crippen LogP contribution in [0.3, 0.4) is 0 Å². The maximum Gasteiger partial charge on any atom is 0.220 e. The molecule has 1 aliphatic heterocycles. The zero-order valence-electron chi connectivity index (χ0n) is 14.8. The molecule has 0 aliphatic carbocycles. The van der Waals surface area contributed by atoms with Gasteiger partial charge in [-0.1, -0.05) is 12.1 Å². The topological polar surface area (TPSA) is 49.6 Å². The van der Waals surface area contributed by atoms with Crippen LogP contribution in [0.25, 0.3) is 5.65 Å². The molecule has 0 spiro atoms. The van der Waals surface area contributed by atoms with Crippen LogP contribution in [0.1, 0.15) is 29.8 Å². The summed E-state index contributed by atoms with van der Waals surface area (Å²) in [5.74, 6) is 0.138. The lowest BCUT2D eigenvalue weighted by Gasteiger charge is -2.32. The van der Waals surface area contributed by atoms with Crippen molar-refractivity contribution in [1.29, 1.82) is 0 Å². The quantitative estimate of drug-likeness (QED) is 0.727. The van der Waals surface area contributed by atoms with Crippen LogP contribution in [0.15, 0.2) is 48.1 Å². The molecule has 0 atom stereocenters. The van der Waals surface area contributed by atoms with Gasteiger partial charge in [0.05, 0.1) is 5.69 Å². The van der Waals surface area contributed by atoms with E-state index in [1.165, 1.54) is 4.88 Å². The third-order valence-corrected chi connectivity index (χ3v) is 5.80. The van der Waals surface area contributed by atoms with E-state index in [1.807, 2.05) is 46.3 Å². The highest BCUT2D eigenvalue weighted by Crippen LogP contribution is 2.17. The lowest BCUT2D eigenvalue weighted by Crippen LogP contribution is -2.44. The van der Waals surface area contributed by atoms with Gasteiger partial charge in [0.2, 0.25) is 5.91 Å². The van der Waals surface area contributed by atoms with Gasteiger partial charge in [-0.2, -0.15) is 0 Å². The Balaban J connectivity index is 1.20. The van der Waals surface area contributed by atoms with Crippen LogP contribution in [-0.2, 0) is 17.8 Å². The molecule has 3 aromatic heterocycles. The summed E-state index contributed by atoms with van der Waals surface area (Å²) in [4.78, 5) is 20.7. The number of imidazole rings is 1. The third-order valence-electron chi connectivity index (χ3n) is 4.93. The van der Waals surface area contributed by atoms with E-state index in [1.54, 1.807) is 0 Å². The summed E-state index contributed by atoms with van der Waals surface area (Å²) in [5.41, 5.74) is 1.90. The number of aromatic nitrogens is 2. The zero-order chi connectivity index (χ0) is 17.8. The molecular formula is C20H24N4OS. The number of nitrogens with one attached hydrogen (secondary N) is 1. The van der Waals surface area contributed by atoms with Gasteiger partial charge in [-0.05, 0) is 42.8 Å². The number of hydrogen-bond acceptors (Lipinski definition) is 4. The number of likely N-dealkylation sites (tertiary alicyclic amines) is 1. The molecule has 1 fully saturated rings. The molecule has 6 heteroatoms. The average molecular weight is 369 g/mol. The van der Waals surface area contributed by atoms with Crippen molar-refractivity contribution in [2.24, 2.45) is 0 Å². The van der Waals surface area contributed by atoms with Gasteiger partial charge in [-0.15, -0.1) is 11.3 Å². The molecule has 4 rings (SSSR count). The second kappa shape index (κ2) is 8.01. The van der Waals surface area contributed by atoms with Crippen molar-refractivity contribution in [1.82, 2.24) is 19.6 Å². The zero-order valence-corrected chi connectivity index (χ0v) is 15.6. The van der Waals surface area contributed by atoms with Crippen LogP contribution in [0, 0.1) is 0 Å². The number of fused-ring (bicyclic) bond motifs is 1. The molecule has 1 N–H and O–H groups in total. The Morgan fingerprint density at radius 2 is 2.12 bits per heavy atom. The monoisotopic (exact) mass is 368 g/mol. The number of amides is 1. The van der Waals surface area contributed by atoms with E-state index in [0.29, 0.717) is 18.9 Å². The van der Waals surface area contributed by atoms with Crippen molar-refractivity contribution in [2.45, 2.75) is 38.3 Å². The first-order valence-corrected chi connectivity index (χ1v) is 10.1. The molecule has 4 heterocycles. The van der Waals surface area contributed by atoms with E-state index in [9.17, 15) is 4.79 Å². The highest BCUT2D eigenvalue weighted by atomic mass is 32.1. The van der Waals surface area contributed by atoms with Gasteiger partial charge in [0.25, 0.3) is 0 Å². The molecule has 3 aromatic rings. The van der Waals surface area contributed by atoms with Gasteiger partial charge < -0.3 is 9.72 Å². The Morgan fingerprint density at radius 3 is 2.88 bits per heavy atom. The Labute approximate surface area is 157 Å². The number of piperidine rings is 1. The molecule has 0 bridgehead atoms. The van der Waals surface area contributed by atoms with E-state index in [-0.39, 0.29) is 5.91 Å². The molecular weight excluding hydrogens is 344 g/mol. The third kappa shape index (κ3) is 4.31. The van der Waals surface area contributed by atoms with Gasteiger partial charge in [0, 0.05) is 49.4 Å². The van der Waals surface area contributed by atoms with E-state index in [0.717, 1.165) is 43.8 Å². The minimum absolute atomic E-state index is 0.138. The van der Waals surface area contributed by atoms with Crippen LogP contribution < -0.4 is 5.32 Å². The molecule has 1 amide bonds. The van der Waals surface area contributed by atoms with Gasteiger partial charge >= 0.3 is 0 Å². The smallest absolute Gasteiger partial charge is 0.220 e. The predicted octanol–water partition coefficient (Wildman–Crippen LogP) is 3.11. The highest BCUT2D eigenvalue weighted by molar-refractivity contribution is 7.09. The number of carbonyl (C=O) groups excluding carboxylic acids is 1. The number of hydrogen-bond donors (Lipinski definition) is 1. The minimum atomic E-state index is 0.138. The Bertz CT molecular complexity index is 817. The molecule has 5 nitrogen and oxygen atoms in total. The van der Waals surface area contributed by atoms with Crippen LogP contribution >= 0.6 is 11.3 Å². The summed E-state index contributed by atoms with van der Waals surface area (Å²) < 4.78 is 2.00. The summed E-state index contributed by atoms with van der Waals surface area (Å²) in [6, 6.07) is 10.5. The summed E-state index contributed by atoms with van der Waals surface area (Å²) in [7, 11) is 0. The molecule has 0 saturated carbocycles. The molecule has 1 aliphatic rings. The van der Waals surface area contributed by atoms with Gasteiger partial charge in [0.15, 0.2) is 0 Å².